The number of carbonyl (C=O) groups is 2. The van der Waals surface area contributed by atoms with Crippen LogP contribution in [-0.4, -0.2) is 67.3 Å². The highest BCUT2D eigenvalue weighted by Crippen LogP contribution is 2.38. The Bertz CT molecular complexity index is 1970. The zero-order valence-corrected chi connectivity index (χ0v) is 32.2. The topological polar surface area (TPSA) is 99.3 Å². The Labute approximate surface area is 310 Å². The average Bonchev–Trinajstić information content (AvgIpc) is 3.74. The van der Waals surface area contributed by atoms with Gasteiger partial charge in [0.25, 0.3) is 20.1 Å². The summed E-state index contributed by atoms with van der Waals surface area (Å²) in [6.07, 6.45) is 3.08. The molecule has 5 aromatic rings. The van der Waals surface area contributed by atoms with E-state index in [0.717, 1.165) is 47.4 Å². The first-order chi connectivity index (χ1) is 24.5. The zero-order chi connectivity index (χ0) is 35.8. The molecule has 0 radical (unpaired) electrons. The first kappa shape index (κ1) is 35.6. The van der Waals surface area contributed by atoms with Gasteiger partial charge in [-0.2, -0.15) is 0 Å². The molecule has 0 spiro atoms. The van der Waals surface area contributed by atoms with E-state index in [-0.39, 0.29) is 34.9 Å². The Kier molecular flexibility index (Phi) is 10.2. The van der Waals surface area contributed by atoms with Crippen molar-refractivity contribution in [2.45, 2.75) is 70.1 Å². The van der Waals surface area contributed by atoms with Crippen molar-refractivity contribution in [2.24, 2.45) is 5.92 Å². The first-order valence-corrected chi connectivity index (χ1v) is 20.9. The van der Waals surface area contributed by atoms with Crippen LogP contribution in [0.25, 0.3) is 10.9 Å². The second-order valence-corrected chi connectivity index (χ2v) is 20.9. The molecular formula is C40H46ClN5O3SSi. The van der Waals surface area contributed by atoms with Gasteiger partial charge in [-0.15, -0.1) is 11.3 Å². The van der Waals surface area contributed by atoms with Gasteiger partial charge in [-0.3, -0.25) is 9.59 Å². The lowest BCUT2D eigenvalue weighted by Gasteiger charge is -2.45. The van der Waals surface area contributed by atoms with Crippen LogP contribution in [0.3, 0.4) is 0 Å². The number of benzene rings is 3. The van der Waals surface area contributed by atoms with Gasteiger partial charge in [0.2, 0.25) is 0 Å². The van der Waals surface area contributed by atoms with E-state index < -0.39 is 8.32 Å². The third-order valence-corrected chi connectivity index (χ3v) is 16.8. The molecule has 51 heavy (non-hydrogen) atoms. The number of rotatable bonds is 9. The average molecular weight is 740 g/mol. The molecule has 2 aromatic heterocycles. The second-order valence-electron chi connectivity index (χ2n) is 15.1. The molecule has 3 atom stereocenters. The van der Waals surface area contributed by atoms with E-state index >= 15 is 0 Å². The number of H-pyrrole nitrogens is 1. The molecule has 266 valence electrons. The van der Waals surface area contributed by atoms with E-state index in [1.54, 1.807) is 6.07 Å². The second kappa shape index (κ2) is 14.7. The van der Waals surface area contributed by atoms with Gasteiger partial charge >= 0.3 is 0 Å². The number of halogens is 1. The summed E-state index contributed by atoms with van der Waals surface area (Å²) in [6.45, 7) is 9.16. The summed E-state index contributed by atoms with van der Waals surface area (Å²) < 4.78 is 7.35. The fraction of sp³-hybridized carbons (Fsp3) is 0.375. The molecule has 7 rings (SSSR count). The van der Waals surface area contributed by atoms with Crippen molar-refractivity contribution in [3.63, 3.8) is 0 Å². The Balaban J connectivity index is 1.14. The Morgan fingerprint density at radius 1 is 0.961 bits per heavy atom. The summed E-state index contributed by atoms with van der Waals surface area (Å²) in [6, 6.07) is 28.2. The number of nitrogens with one attached hydrogen (secondary N) is 3. The number of carbonyl (C=O) groups excluding carboxylic acids is 2. The summed E-state index contributed by atoms with van der Waals surface area (Å²) in [5, 5.41) is 10.9. The largest absolute Gasteiger partial charge is 0.407 e. The van der Waals surface area contributed by atoms with Gasteiger partial charge in [-0.05, 0) is 71.9 Å². The lowest BCUT2D eigenvalue weighted by molar-refractivity contribution is 0.0820. The fourth-order valence-corrected chi connectivity index (χ4v) is 13.8. The number of nitrogens with zero attached hydrogens (tertiary/aromatic N) is 2. The SMILES string of the molecule is CN1CCc2nc(C(=O)N[C@H]3CC(CO[Si](c4ccccc4)(c4ccccc4)C(C)(C)C)CCC3NC(=O)c3cc4cc(Cl)ccc4[nH]3)sc2C1. The molecule has 1 aliphatic carbocycles. The predicted octanol–water partition coefficient (Wildman–Crippen LogP) is 6.54. The smallest absolute Gasteiger partial charge is 0.280 e. The van der Waals surface area contributed by atoms with Gasteiger partial charge < -0.3 is 24.9 Å². The van der Waals surface area contributed by atoms with Crippen molar-refractivity contribution in [1.29, 1.82) is 0 Å². The number of aromatic amines is 1. The number of fused-ring (bicyclic) bond motifs is 2. The van der Waals surface area contributed by atoms with Gasteiger partial charge in [-0.1, -0.05) is 93.0 Å². The summed E-state index contributed by atoms with van der Waals surface area (Å²) in [5.74, 6) is -0.213. The predicted molar refractivity (Wildman–Crippen MR) is 209 cm³/mol. The highest BCUT2D eigenvalue weighted by atomic mass is 35.5. The van der Waals surface area contributed by atoms with Crippen LogP contribution < -0.4 is 21.0 Å². The van der Waals surface area contributed by atoms with Crippen molar-refractivity contribution in [2.75, 3.05) is 20.2 Å². The third kappa shape index (κ3) is 7.43. The van der Waals surface area contributed by atoms with Crippen molar-refractivity contribution in [3.05, 3.63) is 111 Å². The van der Waals surface area contributed by atoms with Crippen LogP contribution in [0.2, 0.25) is 10.1 Å². The highest BCUT2D eigenvalue weighted by molar-refractivity contribution is 7.13. The van der Waals surface area contributed by atoms with Crippen LogP contribution in [-0.2, 0) is 17.4 Å². The Morgan fingerprint density at radius 2 is 1.65 bits per heavy atom. The summed E-state index contributed by atoms with van der Waals surface area (Å²) in [5.41, 5.74) is 2.33. The highest BCUT2D eigenvalue weighted by Gasteiger charge is 2.50. The van der Waals surface area contributed by atoms with E-state index in [1.165, 1.54) is 21.7 Å². The summed E-state index contributed by atoms with van der Waals surface area (Å²) in [7, 11) is -0.651. The summed E-state index contributed by atoms with van der Waals surface area (Å²) >= 11 is 7.69. The monoisotopic (exact) mass is 739 g/mol. The maximum Gasteiger partial charge on any atom is 0.280 e. The van der Waals surface area contributed by atoms with Gasteiger partial charge in [0, 0.05) is 59.0 Å². The van der Waals surface area contributed by atoms with Crippen LogP contribution in [0.15, 0.2) is 84.9 Å². The van der Waals surface area contributed by atoms with Crippen LogP contribution >= 0.6 is 22.9 Å². The molecule has 1 saturated carbocycles. The molecule has 2 aliphatic rings. The van der Waals surface area contributed by atoms with Crippen LogP contribution in [0.1, 0.15) is 70.9 Å². The van der Waals surface area contributed by atoms with Crippen molar-refractivity contribution in [3.8, 4) is 0 Å². The lowest BCUT2D eigenvalue weighted by Crippen LogP contribution is -2.67. The number of hydrogen-bond acceptors (Lipinski definition) is 6. The maximum atomic E-state index is 13.9. The molecule has 3 N–H and O–H groups in total. The molecule has 0 saturated heterocycles. The minimum atomic E-state index is -2.74. The molecule has 1 fully saturated rings. The van der Waals surface area contributed by atoms with Crippen LogP contribution in [0.4, 0.5) is 0 Å². The maximum absolute atomic E-state index is 13.9. The van der Waals surface area contributed by atoms with E-state index in [9.17, 15) is 9.59 Å². The molecule has 3 heterocycles. The molecular weight excluding hydrogens is 694 g/mol. The quantitative estimate of drug-likeness (QED) is 0.149. The van der Waals surface area contributed by atoms with Gasteiger partial charge in [0.15, 0.2) is 5.01 Å². The van der Waals surface area contributed by atoms with E-state index in [2.05, 4.69) is 109 Å². The Morgan fingerprint density at radius 3 is 2.33 bits per heavy atom. The minimum absolute atomic E-state index is 0.143. The number of hydrogen-bond donors (Lipinski definition) is 3. The van der Waals surface area contributed by atoms with E-state index in [1.807, 2.05) is 18.2 Å². The molecule has 8 nitrogen and oxygen atoms in total. The molecule has 11 heteroatoms. The number of amides is 2. The number of aromatic nitrogens is 2. The molecule has 3 aromatic carbocycles. The Hall–Kier alpha value is -3.80. The van der Waals surface area contributed by atoms with Crippen LogP contribution in [0, 0.1) is 5.92 Å². The lowest BCUT2D eigenvalue weighted by atomic mass is 9.82. The number of thiazole rings is 1. The molecule has 2 amide bonds. The van der Waals surface area contributed by atoms with Crippen molar-refractivity contribution >= 4 is 64.3 Å². The molecule has 1 aliphatic heterocycles. The molecule has 2 unspecified atom stereocenters. The normalized spacial score (nSPS) is 19.8. The number of likely N-dealkylation sites (N-methyl/N-ethyl adjacent to an activating group) is 1. The van der Waals surface area contributed by atoms with Gasteiger partial charge in [0.1, 0.15) is 5.69 Å². The standard InChI is InChI=1S/C40H46ClN5O3SSi/c1-40(2,3)51(29-11-7-5-8-12-29,30-13-9-6-10-14-30)49-25-26-15-17-32(43-37(47)35-23-27-22-28(41)16-18-31(27)42-35)34(21-26)44-38(48)39-45-33-19-20-46(4)24-36(33)50-39/h5-14,16,18,22-23,26,32,34,42H,15,17,19-21,24-25H2,1-4H3,(H,43,47)(H,44,48)/t26?,32?,34-/m0/s1. The van der Waals surface area contributed by atoms with Crippen LogP contribution in [0.5, 0.6) is 0 Å². The van der Waals surface area contributed by atoms with Crippen molar-refractivity contribution < 1.29 is 14.0 Å². The third-order valence-electron chi connectivity index (χ3n) is 10.5. The van der Waals surface area contributed by atoms with Gasteiger partial charge in [-0.25, -0.2) is 4.98 Å². The first-order valence-electron chi connectivity index (χ1n) is 17.8. The zero-order valence-electron chi connectivity index (χ0n) is 29.7. The van der Waals surface area contributed by atoms with Crippen molar-refractivity contribution in [1.82, 2.24) is 25.5 Å². The summed E-state index contributed by atoms with van der Waals surface area (Å²) in [4.78, 5) is 38.9. The van der Waals surface area contributed by atoms with Gasteiger partial charge in [0.05, 0.1) is 5.69 Å². The molecule has 0 bridgehead atoms. The van der Waals surface area contributed by atoms with E-state index in [0.29, 0.717) is 35.2 Å². The fourth-order valence-electron chi connectivity index (χ4n) is 7.87. The minimum Gasteiger partial charge on any atom is -0.407 e. The van der Waals surface area contributed by atoms with E-state index in [4.69, 9.17) is 21.0 Å².